The number of halogens is 1. The largest absolute Gasteiger partial charge is 0.368 e. The van der Waals surface area contributed by atoms with E-state index >= 15 is 0 Å². The Labute approximate surface area is 121 Å². The first-order valence-corrected chi connectivity index (χ1v) is 6.60. The van der Waals surface area contributed by atoms with Crippen molar-refractivity contribution in [3.05, 3.63) is 42.4 Å². The molecular formula is C14H13FN6. The summed E-state index contributed by atoms with van der Waals surface area (Å²) in [7, 11) is 0. The van der Waals surface area contributed by atoms with Crippen LogP contribution in [0, 0.1) is 17.3 Å². The van der Waals surface area contributed by atoms with Crippen molar-refractivity contribution in [2.75, 3.05) is 36.0 Å². The average molecular weight is 284 g/mol. The van der Waals surface area contributed by atoms with Gasteiger partial charge in [-0.2, -0.15) is 9.65 Å². The third-order valence-corrected chi connectivity index (χ3v) is 3.44. The van der Waals surface area contributed by atoms with Gasteiger partial charge in [-0.25, -0.2) is 15.0 Å². The van der Waals surface area contributed by atoms with Gasteiger partial charge in [0.15, 0.2) is 11.5 Å². The van der Waals surface area contributed by atoms with E-state index in [1.807, 2.05) is 4.90 Å². The fourth-order valence-corrected chi connectivity index (χ4v) is 2.41. The maximum Gasteiger partial charge on any atom is 0.214 e. The Morgan fingerprint density at radius 1 is 1.00 bits per heavy atom. The highest BCUT2D eigenvalue weighted by atomic mass is 19.1. The Hall–Kier alpha value is -2.75. The molecule has 21 heavy (non-hydrogen) atoms. The van der Waals surface area contributed by atoms with E-state index < -0.39 is 5.95 Å². The Morgan fingerprint density at radius 2 is 1.71 bits per heavy atom. The molecule has 2 aromatic rings. The summed E-state index contributed by atoms with van der Waals surface area (Å²) in [5.41, 5.74) is 1.16. The van der Waals surface area contributed by atoms with Crippen LogP contribution in [0.3, 0.4) is 0 Å². The first-order valence-electron chi connectivity index (χ1n) is 6.60. The molecule has 0 radical (unpaired) electrons. The van der Waals surface area contributed by atoms with Crippen LogP contribution < -0.4 is 9.80 Å². The van der Waals surface area contributed by atoms with Crippen LogP contribution in [0.5, 0.6) is 0 Å². The molecule has 0 amide bonds. The Balaban J connectivity index is 1.72. The highest BCUT2D eigenvalue weighted by Gasteiger charge is 2.21. The number of nitrogens with zero attached hydrogens (tertiary/aromatic N) is 6. The maximum absolute atomic E-state index is 13.2. The van der Waals surface area contributed by atoms with E-state index in [0.717, 1.165) is 18.8 Å². The summed E-state index contributed by atoms with van der Waals surface area (Å²) in [6, 6.07) is 5.28. The lowest BCUT2D eigenvalue weighted by Crippen LogP contribution is -2.47. The Kier molecular flexibility index (Phi) is 3.60. The van der Waals surface area contributed by atoms with E-state index in [0.29, 0.717) is 24.6 Å². The van der Waals surface area contributed by atoms with Crippen LogP contribution in [0.2, 0.25) is 0 Å². The second-order valence-corrected chi connectivity index (χ2v) is 4.65. The van der Waals surface area contributed by atoms with Gasteiger partial charge in [-0.1, -0.05) is 0 Å². The molecule has 3 rings (SSSR count). The van der Waals surface area contributed by atoms with Crippen molar-refractivity contribution < 1.29 is 4.39 Å². The van der Waals surface area contributed by atoms with Crippen LogP contribution in [-0.2, 0) is 0 Å². The van der Waals surface area contributed by atoms with E-state index in [1.165, 1.54) is 18.5 Å². The van der Waals surface area contributed by atoms with Crippen LogP contribution in [0.1, 0.15) is 5.69 Å². The molecule has 0 atom stereocenters. The van der Waals surface area contributed by atoms with Gasteiger partial charge < -0.3 is 9.80 Å². The van der Waals surface area contributed by atoms with Gasteiger partial charge in [-0.3, -0.25) is 0 Å². The minimum Gasteiger partial charge on any atom is -0.368 e. The molecule has 2 aromatic heterocycles. The minimum absolute atomic E-state index is 0.334. The molecule has 0 unspecified atom stereocenters. The van der Waals surface area contributed by atoms with Gasteiger partial charge in [0.25, 0.3) is 0 Å². The van der Waals surface area contributed by atoms with Crippen LogP contribution in [0.4, 0.5) is 15.9 Å². The van der Waals surface area contributed by atoms with Crippen molar-refractivity contribution in [1.82, 2.24) is 15.0 Å². The molecule has 1 fully saturated rings. The van der Waals surface area contributed by atoms with Crippen LogP contribution >= 0.6 is 0 Å². The van der Waals surface area contributed by atoms with Crippen LogP contribution in [0.15, 0.2) is 30.7 Å². The molecule has 1 aliphatic heterocycles. The summed E-state index contributed by atoms with van der Waals surface area (Å²) < 4.78 is 13.2. The second kappa shape index (κ2) is 5.71. The van der Waals surface area contributed by atoms with Gasteiger partial charge in [-0.05, 0) is 6.07 Å². The zero-order valence-electron chi connectivity index (χ0n) is 11.3. The molecule has 0 saturated carbocycles. The van der Waals surface area contributed by atoms with Crippen molar-refractivity contribution in [2.24, 2.45) is 0 Å². The molecule has 0 aromatic carbocycles. The summed E-state index contributed by atoms with van der Waals surface area (Å²) >= 11 is 0. The predicted molar refractivity (Wildman–Crippen MR) is 75.4 cm³/mol. The maximum atomic E-state index is 13.2. The monoisotopic (exact) mass is 284 g/mol. The fourth-order valence-electron chi connectivity index (χ4n) is 2.41. The third-order valence-electron chi connectivity index (χ3n) is 3.44. The van der Waals surface area contributed by atoms with Crippen molar-refractivity contribution in [2.45, 2.75) is 0 Å². The van der Waals surface area contributed by atoms with Gasteiger partial charge in [0.1, 0.15) is 6.07 Å². The topological polar surface area (TPSA) is 68.9 Å². The number of anilines is 2. The Bertz CT molecular complexity index is 675. The number of aromatic nitrogens is 3. The van der Waals surface area contributed by atoms with Gasteiger partial charge in [-0.15, -0.1) is 0 Å². The lowest BCUT2D eigenvalue weighted by atomic mass is 10.2. The van der Waals surface area contributed by atoms with Crippen molar-refractivity contribution >= 4 is 11.5 Å². The van der Waals surface area contributed by atoms with Gasteiger partial charge >= 0.3 is 0 Å². The number of hydrogen-bond acceptors (Lipinski definition) is 6. The number of nitriles is 1. The molecule has 6 nitrogen and oxygen atoms in total. The molecule has 0 spiro atoms. The highest BCUT2D eigenvalue weighted by Crippen LogP contribution is 2.20. The van der Waals surface area contributed by atoms with Crippen molar-refractivity contribution in [1.29, 1.82) is 5.26 Å². The van der Waals surface area contributed by atoms with Crippen LogP contribution in [0.25, 0.3) is 0 Å². The lowest BCUT2D eigenvalue weighted by molar-refractivity contribution is 0.580. The quantitative estimate of drug-likeness (QED) is 0.772. The molecule has 106 valence electrons. The molecule has 0 bridgehead atoms. The van der Waals surface area contributed by atoms with Gasteiger partial charge in [0.05, 0.1) is 0 Å². The average Bonchev–Trinajstić information content (AvgIpc) is 2.55. The van der Waals surface area contributed by atoms with E-state index in [9.17, 15) is 4.39 Å². The smallest absolute Gasteiger partial charge is 0.214 e. The standard InChI is InChI=1S/C14H13FN6/c15-13-9-11(1-2-18-13)20-5-7-21(8-6-20)14-12(10-16)17-3-4-19-14/h1-4,9H,5-8H2. The molecule has 0 N–H and O–H groups in total. The summed E-state index contributed by atoms with van der Waals surface area (Å²) in [6.45, 7) is 2.87. The summed E-state index contributed by atoms with van der Waals surface area (Å²) in [5, 5.41) is 9.07. The summed E-state index contributed by atoms with van der Waals surface area (Å²) in [4.78, 5) is 15.9. The Morgan fingerprint density at radius 3 is 2.43 bits per heavy atom. The van der Waals surface area contributed by atoms with E-state index in [4.69, 9.17) is 5.26 Å². The first kappa shape index (κ1) is 13.2. The molecule has 1 saturated heterocycles. The van der Waals surface area contributed by atoms with E-state index in [1.54, 1.807) is 12.3 Å². The minimum atomic E-state index is -0.476. The fraction of sp³-hybridized carbons (Fsp3) is 0.286. The number of rotatable bonds is 2. The predicted octanol–water partition coefficient (Wildman–Crippen LogP) is 1.21. The third kappa shape index (κ3) is 2.74. The lowest BCUT2D eigenvalue weighted by Gasteiger charge is -2.36. The molecular weight excluding hydrogens is 271 g/mol. The zero-order chi connectivity index (χ0) is 14.7. The summed E-state index contributed by atoms with van der Waals surface area (Å²) in [5.74, 6) is 0.135. The van der Waals surface area contributed by atoms with Gasteiger partial charge in [0.2, 0.25) is 5.95 Å². The normalized spacial score (nSPS) is 14.9. The number of piperazine rings is 1. The summed E-state index contributed by atoms with van der Waals surface area (Å²) in [6.07, 6.45) is 4.56. The van der Waals surface area contributed by atoms with E-state index in [2.05, 4.69) is 25.9 Å². The SMILES string of the molecule is N#Cc1nccnc1N1CCN(c2ccnc(F)c2)CC1. The highest BCUT2D eigenvalue weighted by molar-refractivity contribution is 5.52. The second-order valence-electron chi connectivity index (χ2n) is 4.65. The van der Waals surface area contributed by atoms with Crippen molar-refractivity contribution in [3.8, 4) is 6.07 Å². The molecule has 0 aliphatic carbocycles. The van der Waals surface area contributed by atoms with Gasteiger partial charge in [0, 0.05) is 56.5 Å². The van der Waals surface area contributed by atoms with Crippen molar-refractivity contribution in [3.63, 3.8) is 0 Å². The molecule has 3 heterocycles. The molecule has 7 heteroatoms. The first-order chi connectivity index (χ1) is 10.3. The number of pyridine rings is 1. The van der Waals surface area contributed by atoms with Crippen LogP contribution in [-0.4, -0.2) is 41.1 Å². The van der Waals surface area contributed by atoms with E-state index in [-0.39, 0.29) is 0 Å². The zero-order valence-corrected chi connectivity index (χ0v) is 11.3. The number of hydrogen-bond donors (Lipinski definition) is 0. The molecule has 1 aliphatic rings.